The highest BCUT2D eigenvalue weighted by Gasteiger charge is 2.35. The Hall–Kier alpha value is -2.35. The van der Waals surface area contributed by atoms with Crippen LogP contribution in [0.1, 0.15) is 32.7 Å². The Morgan fingerprint density at radius 2 is 1.62 bits per heavy atom. The number of hydrogen-bond donors (Lipinski definition) is 0. The topological polar surface area (TPSA) is 46.6 Å². The van der Waals surface area contributed by atoms with E-state index < -0.39 is 11.7 Å². The van der Waals surface area contributed by atoms with Crippen molar-refractivity contribution in [1.29, 1.82) is 0 Å². The average Bonchev–Trinajstić information content (AvgIpc) is 2.84. The smallest absolute Gasteiger partial charge is 0.417 e. The Bertz CT molecular complexity index is 832. The molecule has 0 radical (unpaired) electrons. The quantitative estimate of drug-likeness (QED) is 0.520. The first kappa shape index (κ1) is 18.4. The highest BCUT2D eigenvalue weighted by atomic mass is 79.9. The number of imide groups is 1. The summed E-state index contributed by atoms with van der Waals surface area (Å²) in [4.78, 5) is 25.5. The largest absolute Gasteiger partial charge is 0.494 e. The summed E-state index contributed by atoms with van der Waals surface area (Å²) < 4.78 is 43.9. The number of alkyl halides is 3. The molecule has 2 aromatic carbocycles. The molecule has 0 aromatic heterocycles. The number of nitrogens with zero attached hydrogens (tertiary/aromatic N) is 1. The standard InChI is InChI=1S/C18H13BrF3NO3/c19-15-7-6-11(10-14(15)18(20,21)22)26-9-3-8-23-16(24)12-4-1-2-5-13(12)17(23)25/h1-2,4-7,10H,3,8-9H2. The zero-order valence-electron chi connectivity index (χ0n) is 13.3. The molecule has 8 heteroatoms. The maximum absolute atomic E-state index is 12.9. The van der Waals surface area contributed by atoms with E-state index in [1.54, 1.807) is 24.3 Å². The molecular weight excluding hydrogens is 415 g/mol. The minimum Gasteiger partial charge on any atom is -0.494 e. The number of benzene rings is 2. The van der Waals surface area contributed by atoms with Crippen molar-refractivity contribution in [3.8, 4) is 5.75 Å². The van der Waals surface area contributed by atoms with Crippen LogP contribution in [-0.4, -0.2) is 29.9 Å². The summed E-state index contributed by atoms with van der Waals surface area (Å²) in [5, 5.41) is 0. The number of halogens is 4. The fraction of sp³-hybridized carbons (Fsp3) is 0.222. The van der Waals surface area contributed by atoms with Gasteiger partial charge in [0.2, 0.25) is 0 Å². The highest BCUT2D eigenvalue weighted by Crippen LogP contribution is 2.36. The number of carbonyl (C=O) groups excluding carboxylic acids is 2. The Balaban J connectivity index is 1.57. The molecule has 0 spiro atoms. The highest BCUT2D eigenvalue weighted by molar-refractivity contribution is 9.10. The van der Waals surface area contributed by atoms with Crippen LogP contribution in [0.4, 0.5) is 13.2 Å². The second-order valence-electron chi connectivity index (χ2n) is 5.65. The molecule has 1 heterocycles. The molecule has 0 atom stereocenters. The molecule has 2 amide bonds. The molecule has 26 heavy (non-hydrogen) atoms. The summed E-state index contributed by atoms with van der Waals surface area (Å²) in [6.45, 7) is 0.210. The molecule has 0 saturated heterocycles. The number of amides is 2. The van der Waals surface area contributed by atoms with E-state index >= 15 is 0 Å². The molecule has 0 aliphatic carbocycles. The van der Waals surface area contributed by atoms with E-state index in [0.29, 0.717) is 17.5 Å². The van der Waals surface area contributed by atoms with Crippen LogP contribution in [0.5, 0.6) is 5.75 Å². The van der Waals surface area contributed by atoms with E-state index in [9.17, 15) is 22.8 Å². The van der Waals surface area contributed by atoms with Crippen LogP contribution >= 0.6 is 15.9 Å². The monoisotopic (exact) mass is 427 g/mol. The van der Waals surface area contributed by atoms with Crippen molar-refractivity contribution >= 4 is 27.7 Å². The Labute approximate surface area is 155 Å². The van der Waals surface area contributed by atoms with Crippen molar-refractivity contribution in [1.82, 2.24) is 4.90 Å². The minimum absolute atomic E-state index is 0.0663. The molecular formula is C18H13BrF3NO3. The van der Waals surface area contributed by atoms with Crippen molar-refractivity contribution in [2.45, 2.75) is 12.6 Å². The van der Waals surface area contributed by atoms with Gasteiger partial charge in [0.25, 0.3) is 11.8 Å². The van der Waals surface area contributed by atoms with Gasteiger partial charge in [0, 0.05) is 11.0 Å². The Morgan fingerprint density at radius 3 is 2.19 bits per heavy atom. The first-order valence-electron chi connectivity index (χ1n) is 7.74. The lowest BCUT2D eigenvalue weighted by molar-refractivity contribution is -0.138. The first-order valence-corrected chi connectivity index (χ1v) is 8.53. The van der Waals surface area contributed by atoms with Gasteiger partial charge >= 0.3 is 6.18 Å². The summed E-state index contributed by atoms with van der Waals surface area (Å²) in [5.41, 5.74) is -0.0994. The summed E-state index contributed by atoms with van der Waals surface area (Å²) in [7, 11) is 0. The van der Waals surface area contributed by atoms with Crippen molar-refractivity contribution in [3.63, 3.8) is 0 Å². The van der Waals surface area contributed by atoms with E-state index in [4.69, 9.17) is 4.74 Å². The third kappa shape index (κ3) is 3.60. The van der Waals surface area contributed by atoms with Crippen LogP contribution in [-0.2, 0) is 6.18 Å². The van der Waals surface area contributed by atoms with Gasteiger partial charge in [0.1, 0.15) is 5.75 Å². The van der Waals surface area contributed by atoms with Gasteiger partial charge in [-0.25, -0.2) is 0 Å². The van der Waals surface area contributed by atoms with Gasteiger partial charge in [-0.15, -0.1) is 0 Å². The zero-order valence-corrected chi connectivity index (χ0v) is 14.9. The Kier molecular flexibility index (Phi) is 5.04. The van der Waals surface area contributed by atoms with Crippen LogP contribution in [0.25, 0.3) is 0 Å². The summed E-state index contributed by atoms with van der Waals surface area (Å²) in [5.74, 6) is -0.662. The van der Waals surface area contributed by atoms with E-state index in [1.807, 2.05) is 0 Å². The first-order chi connectivity index (χ1) is 12.3. The number of carbonyl (C=O) groups is 2. The van der Waals surface area contributed by atoms with Crippen LogP contribution in [0.15, 0.2) is 46.9 Å². The number of rotatable bonds is 5. The molecule has 1 aliphatic rings. The zero-order chi connectivity index (χ0) is 18.9. The lowest BCUT2D eigenvalue weighted by Crippen LogP contribution is -2.31. The maximum Gasteiger partial charge on any atom is 0.417 e. The molecule has 0 unspecified atom stereocenters. The van der Waals surface area contributed by atoms with Crippen LogP contribution in [0.3, 0.4) is 0 Å². The van der Waals surface area contributed by atoms with Crippen molar-refractivity contribution in [2.75, 3.05) is 13.2 Å². The molecule has 1 aliphatic heterocycles. The van der Waals surface area contributed by atoms with Gasteiger partial charge in [-0.2, -0.15) is 13.2 Å². The van der Waals surface area contributed by atoms with E-state index in [2.05, 4.69) is 15.9 Å². The molecule has 0 saturated carbocycles. The van der Waals surface area contributed by atoms with Crippen molar-refractivity contribution in [2.24, 2.45) is 0 Å². The molecule has 136 valence electrons. The third-order valence-corrected chi connectivity index (χ3v) is 4.61. The SMILES string of the molecule is O=C1c2ccccc2C(=O)N1CCCOc1ccc(Br)c(C(F)(F)F)c1. The van der Waals surface area contributed by atoms with Crippen molar-refractivity contribution in [3.05, 3.63) is 63.6 Å². The lowest BCUT2D eigenvalue weighted by atomic mass is 10.1. The number of ether oxygens (including phenoxy) is 1. The van der Waals surface area contributed by atoms with Crippen LogP contribution in [0.2, 0.25) is 0 Å². The summed E-state index contributed by atoms with van der Waals surface area (Å²) in [6, 6.07) is 10.1. The predicted octanol–water partition coefficient (Wildman–Crippen LogP) is 4.53. The molecule has 4 nitrogen and oxygen atoms in total. The normalized spacial score (nSPS) is 13.9. The minimum atomic E-state index is -4.49. The van der Waals surface area contributed by atoms with Crippen LogP contribution in [0, 0.1) is 0 Å². The summed E-state index contributed by atoms with van der Waals surface area (Å²) >= 11 is 2.86. The molecule has 0 fully saturated rings. The third-order valence-electron chi connectivity index (χ3n) is 3.92. The second-order valence-corrected chi connectivity index (χ2v) is 6.50. The van der Waals surface area contributed by atoms with Crippen molar-refractivity contribution < 1.29 is 27.5 Å². The maximum atomic E-state index is 12.9. The average molecular weight is 428 g/mol. The van der Waals surface area contributed by atoms with Gasteiger partial charge in [-0.3, -0.25) is 14.5 Å². The van der Waals surface area contributed by atoms with Gasteiger partial charge in [0.05, 0.1) is 23.3 Å². The number of fused-ring (bicyclic) bond motifs is 1. The fourth-order valence-corrected chi connectivity index (χ4v) is 3.14. The fourth-order valence-electron chi connectivity index (χ4n) is 2.67. The molecule has 0 N–H and O–H groups in total. The van der Waals surface area contributed by atoms with E-state index in [0.717, 1.165) is 11.0 Å². The number of hydrogen-bond acceptors (Lipinski definition) is 3. The van der Waals surface area contributed by atoms with E-state index in [1.165, 1.54) is 12.1 Å². The van der Waals surface area contributed by atoms with Crippen LogP contribution < -0.4 is 4.74 Å². The van der Waals surface area contributed by atoms with E-state index in [-0.39, 0.29) is 35.2 Å². The Morgan fingerprint density at radius 1 is 1.00 bits per heavy atom. The van der Waals surface area contributed by atoms with Gasteiger partial charge < -0.3 is 4.74 Å². The van der Waals surface area contributed by atoms with Gasteiger partial charge in [0.15, 0.2) is 0 Å². The van der Waals surface area contributed by atoms with Gasteiger partial charge in [-0.05, 0) is 36.8 Å². The molecule has 0 bridgehead atoms. The molecule has 3 rings (SSSR count). The van der Waals surface area contributed by atoms with Gasteiger partial charge in [-0.1, -0.05) is 28.1 Å². The summed E-state index contributed by atoms with van der Waals surface area (Å²) in [6.07, 6.45) is -4.18. The lowest BCUT2D eigenvalue weighted by Gasteiger charge is -2.15. The molecule has 2 aromatic rings. The second kappa shape index (κ2) is 7.11. The predicted molar refractivity (Wildman–Crippen MR) is 91.1 cm³/mol.